The normalized spacial score (nSPS) is 11.6. The van der Waals surface area contributed by atoms with Gasteiger partial charge in [0, 0.05) is 6.07 Å². The molecule has 4 rings (SSSR count). The van der Waals surface area contributed by atoms with E-state index in [1.807, 2.05) is 13.0 Å². The highest BCUT2D eigenvalue weighted by Gasteiger charge is 2.18. The summed E-state index contributed by atoms with van der Waals surface area (Å²) in [6, 6.07) is 13.6. The molecule has 0 bridgehead atoms. The Morgan fingerprint density at radius 3 is 2.61 bits per heavy atom. The highest BCUT2D eigenvalue weighted by Crippen LogP contribution is 2.31. The van der Waals surface area contributed by atoms with Gasteiger partial charge in [0.15, 0.2) is 6.61 Å². The summed E-state index contributed by atoms with van der Waals surface area (Å²) in [6.07, 6.45) is 0. The molecular weight excluding hydrogens is 415 g/mol. The van der Waals surface area contributed by atoms with Crippen molar-refractivity contribution in [1.82, 2.24) is 14.8 Å². The molecule has 0 atom stereocenters. The number of carbonyl (C=O) groups is 1. The molecule has 0 aliphatic carbocycles. The Bertz CT molecular complexity index is 1240. The number of hydrogen-bond acceptors (Lipinski definition) is 5. The first-order valence-corrected chi connectivity index (χ1v) is 10.7. The third kappa shape index (κ3) is 4.74. The summed E-state index contributed by atoms with van der Waals surface area (Å²) in [5.41, 5.74) is 2.92. The number of aromatic nitrogens is 3. The number of fused-ring (bicyclic) bond motifs is 1. The second-order valence-corrected chi connectivity index (χ2v) is 9.31. The quantitative estimate of drug-likeness (QED) is 0.462. The lowest BCUT2D eigenvalue weighted by Crippen LogP contribution is -2.21. The van der Waals surface area contributed by atoms with E-state index in [0.29, 0.717) is 16.7 Å². The molecule has 0 saturated heterocycles. The molecule has 1 amide bonds. The molecular formula is C23H23FN4O2S. The van der Waals surface area contributed by atoms with Gasteiger partial charge in [-0.25, -0.2) is 9.37 Å². The molecule has 0 radical (unpaired) electrons. The summed E-state index contributed by atoms with van der Waals surface area (Å²) in [6.45, 7) is 8.18. The maximum atomic E-state index is 13.0. The second-order valence-electron chi connectivity index (χ2n) is 8.30. The number of halogens is 1. The van der Waals surface area contributed by atoms with E-state index < -0.39 is 0 Å². The van der Waals surface area contributed by atoms with Gasteiger partial charge in [-0.1, -0.05) is 38.2 Å². The Balaban J connectivity index is 1.54. The fraction of sp³-hybridized carbons (Fsp3) is 0.261. The van der Waals surface area contributed by atoms with Crippen molar-refractivity contribution in [3.63, 3.8) is 0 Å². The van der Waals surface area contributed by atoms with Crippen LogP contribution in [0.1, 0.15) is 32.0 Å². The van der Waals surface area contributed by atoms with Gasteiger partial charge in [0.2, 0.25) is 5.13 Å². The smallest absolute Gasteiger partial charge is 0.263 e. The van der Waals surface area contributed by atoms with Gasteiger partial charge in [-0.15, -0.1) is 0 Å². The van der Waals surface area contributed by atoms with Crippen LogP contribution in [0.2, 0.25) is 0 Å². The minimum absolute atomic E-state index is 0.0459. The number of nitrogens with zero attached hydrogens (tertiary/aromatic N) is 3. The Hall–Kier alpha value is -3.26. The Morgan fingerprint density at radius 2 is 1.90 bits per heavy atom. The van der Waals surface area contributed by atoms with Gasteiger partial charge in [0.1, 0.15) is 17.4 Å². The van der Waals surface area contributed by atoms with E-state index in [2.05, 4.69) is 43.3 Å². The number of amides is 1. The van der Waals surface area contributed by atoms with E-state index in [-0.39, 0.29) is 23.7 Å². The average Bonchev–Trinajstić information content (AvgIpc) is 3.29. The zero-order valence-electron chi connectivity index (χ0n) is 17.8. The maximum Gasteiger partial charge on any atom is 0.263 e. The van der Waals surface area contributed by atoms with Crippen LogP contribution in [0.5, 0.6) is 5.75 Å². The molecule has 0 unspecified atom stereocenters. The minimum Gasteiger partial charge on any atom is -0.484 e. The summed E-state index contributed by atoms with van der Waals surface area (Å²) in [5, 5.41) is 7.99. The predicted molar refractivity (Wildman–Crippen MR) is 121 cm³/mol. The van der Waals surface area contributed by atoms with Crippen LogP contribution in [0, 0.1) is 12.7 Å². The zero-order valence-corrected chi connectivity index (χ0v) is 18.6. The lowest BCUT2D eigenvalue weighted by molar-refractivity contribution is -0.118. The molecule has 0 fully saturated rings. The molecule has 6 nitrogen and oxygen atoms in total. The van der Waals surface area contributed by atoms with Gasteiger partial charge in [-0.2, -0.15) is 9.78 Å². The summed E-state index contributed by atoms with van der Waals surface area (Å²) in [5.74, 6) is 0.227. The Morgan fingerprint density at radius 1 is 1.16 bits per heavy atom. The van der Waals surface area contributed by atoms with Crippen LogP contribution in [-0.4, -0.2) is 27.3 Å². The largest absolute Gasteiger partial charge is 0.484 e. The van der Waals surface area contributed by atoms with Crippen molar-refractivity contribution in [2.45, 2.75) is 33.1 Å². The van der Waals surface area contributed by atoms with Gasteiger partial charge in [0.05, 0.1) is 15.9 Å². The summed E-state index contributed by atoms with van der Waals surface area (Å²) in [7, 11) is 0. The number of rotatable bonds is 5. The van der Waals surface area contributed by atoms with E-state index in [1.165, 1.54) is 41.2 Å². The van der Waals surface area contributed by atoms with Crippen molar-refractivity contribution < 1.29 is 13.9 Å². The van der Waals surface area contributed by atoms with Crippen LogP contribution in [0.3, 0.4) is 0 Å². The van der Waals surface area contributed by atoms with Gasteiger partial charge >= 0.3 is 0 Å². The number of benzene rings is 2. The van der Waals surface area contributed by atoms with Crippen molar-refractivity contribution in [3.05, 3.63) is 65.6 Å². The first-order chi connectivity index (χ1) is 14.7. The third-order valence-corrected chi connectivity index (χ3v) is 5.70. The van der Waals surface area contributed by atoms with Crippen molar-refractivity contribution in [2.75, 3.05) is 11.9 Å². The SMILES string of the molecule is Cc1cc(NC(=O)COc2ccc(F)cc2)n(-c2nc3ccc(C(C)(C)C)cc3s2)n1. The number of nitrogens with one attached hydrogen (secondary N) is 1. The van der Waals surface area contributed by atoms with E-state index in [1.54, 1.807) is 10.7 Å². The highest BCUT2D eigenvalue weighted by molar-refractivity contribution is 7.20. The maximum absolute atomic E-state index is 13.0. The minimum atomic E-state index is -0.360. The molecule has 0 aliphatic heterocycles. The molecule has 0 spiro atoms. The summed E-state index contributed by atoms with van der Waals surface area (Å²) in [4.78, 5) is 17.1. The topological polar surface area (TPSA) is 69.0 Å². The first-order valence-electron chi connectivity index (χ1n) is 9.85. The van der Waals surface area contributed by atoms with Gasteiger partial charge in [-0.05, 0) is 54.3 Å². The number of anilines is 1. The van der Waals surface area contributed by atoms with E-state index >= 15 is 0 Å². The molecule has 4 aromatic rings. The molecule has 31 heavy (non-hydrogen) atoms. The van der Waals surface area contributed by atoms with Crippen LogP contribution in [0.25, 0.3) is 15.3 Å². The average molecular weight is 439 g/mol. The lowest BCUT2D eigenvalue weighted by Gasteiger charge is -2.18. The molecule has 160 valence electrons. The number of thiazole rings is 1. The highest BCUT2D eigenvalue weighted by atomic mass is 32.1. The fourth-order valence-corrected chi connectivity index (χ4v) is 4.03. The Kier molecular flexibility index (Phi) is 5.49. The van der Waals surface area contributed by atoms with Crippen LogP contribution in [0.15, 0.2) is 48.5 Å². The van der Waals surface area contributed by atoms with Crippen molar-refractivity contribution in [1.29, 1.82) is 0 Å². The van der Waals surface area contributed by atoms with Crippen molar-refractivity contribution in [2.24, 2.45) is 0 Å². The number of ether oxygens (including phenoxy) is 1. The Labute approximate surface area is 183 Å². The molecule has 2 aromatic heterocycles. The molecule has 8 heteroatoms. The number of carbonyl (C=O) groups excluding carboxylic acids is 1. The lowest BCUT2D eigenvalue weighted by atomic mass is 9.87. The fourth-order valence-electron chi connectivity index (χ4n) is 3.06. The second kappa shape index (κ2) is 8.11. The molecule has 1 N–H and O–H groups in total. The van der Waals surface area contributed by atoms with Crippen molar-refractivity contribution >= 4 is 33.3 Å². The third-order valence-electron chi connectivity index (χ3n) is 4.71. The monoisotopic (exact) mass is 438 g/mol. The van der Waals surface area contributed by atoms with Gasteiger partial charge in [0.25, 0.3) is 5.91 Å². The van der Waals surface area contributed by atoms with E-state index in [9.17, 15) is 9.18 Å². The van der Waals surface area contributed by atoms with Crippen LogP contribution in [0.4, 0.5) is 10.2 Å². The molecule has 0 aliphatic rings. The zero-order chi connectivity index (χ0) is 22.2. The van der Waals surface area contributed by atoms with Gasteiger partial charge < -0.3 is 10.1 Å². The molecule has 2 aromatic carbocycles. The van der Waals surface area contributed by atoms with Crippen LogP contribution < -0.4 is 10.1 Å². The number of aryl methyl sites for hydroxylation is 1. The van der Waals surface area contributed by atoms with Crippen LogP contribution in [-0.2, 0) is 10.2 Å². The van der Waals surface area contributed by atoms with Crippen LogP contribution >= 0.6 is 11.3 Å². The molecule has 2 heterocycles. The first kappa shape index (κ1) is 21.0. The van der Waals surface area contributed by atoms with Crippen molar-refractivity contribution in [3.8, 4) is 10.9 Å². The molecule has 0 saturated carbocycles. The van der Waals surface area contributed by atoms with E-state index in [4.69, 9.17) is 9.72 Å². The standard InChI is InChI=1S/C23H23FN4O2S/c1-14-11-20(26-21(29)13-30-17-8-6-16(24)7-9-17)28(27-14)22-25-18-10-5-15(23(2,3)4)12-19(18)31-22/h5-12H,13H2,1-4H3,(H,26,29). The number of hydrogen-bond donors (Lipinski definition) is 1. The van der Waals surface area contributed by atoms with Gasteiger partial charge in [-0.3, -0.25) is 4.79 Å². The predicted octanol–water partition coefficient (Wildman–Crippen LogP) is 5.24. The summed E-state index contributed by atoms with van der Waals surface area (Å²) >= 11 is 1.52. The summed E-state index contributed by atoms with van der Waals surface area (Å²) < 4.78 is 21.1. The van der Waals surface area contributed by atoms with E-state index in [0.717, 1.165) is 15.9 Å².